The molecule has 0 aromatic heterocycles. The maximum Gasteiger partial charge on any atom is 0.491 e. The lowest BCUT2D eigenvalue weighted by molar-refractivity contribution is -0.226. The van der Waals surface area contributed by atoms with Gasteiger partial charge in [0.05, 0.1) is 11.4 Å². The molecule has 0 saturated carbocycles. The Morgan fingerprint density at radius 3 is 1.73 bits per heavy atom. The van der Waals surface area contributed by atoms with Crippen LogP contribution in [0.15, 0.2) is 24.3 Å². The van der Waals surface area contributed by atoms with Crippen molar-refractivity contribution in [2.75, 3.05) is 10.2 Å². The lowest BCUT2D eigenvalue weighted by atomic mass is 10.2. The highest BCUT2D eigenvalue weighted by atomic mass is 19.4. The van der Waals surface area contributed by atoms with Gasteiger partial charge in [0.25, 0.3) is 0 Å². The molecule has 1 amide bonds. The summed E-state index contributed by atoms with van der Waals surface area (Å²) in [7, 11) is 0. The van der Waals surface area contributed by atoms with Gasteiger partial charge in [0.2, 0.25) is 0 Å². The molecule has 0 atom stereocenters. The van der Waals surface area contributed by atoms with Gasteiger partial charge in [-0.3, -0.25) is 4.79 Å². The summed E-state index contributed by atoms with van der Waals surface area (Å²) in [5.74, 6) is -2.70. The predicted molar refractivity (Wildman–Crippen MR) is 55.7 cm³/mol. The number of carbonyl (C=O) groups excluding carboxylic acids is 1. The first-order valence-electron chi connectivity index (χ1n) is 5.15. The second kappa shape index (κ2) is 5.57. The topological polar surface area (TPSA) is 32.3 Å². The molecule has 12 heteroatoms. The van der Waals surface area contributed by atoms with E-state index >= 15 is 0 Å². The van der Waals surface area contributed by atoms with Crippen molar-refractivity contribution in [2.24, 2.45) is 0 Å². The molecule has 22 heavy (non-hydrogen) atoms. The van der Waals surface area contributed by atoms with Crippen LogP contribution in [0.25, 0.3) is 0 Å². The number of para-hydroxylation sites is 2. The van der Waals surface area contributed by atoms with Gasteiger partial charge in [0.15, 0.2) is 0 Å². The zero-order valence-electron chi connectivity index (χ0n) is 10.1. The van der Waals surface area contributed by atoms with Gasteiger partial charge in [-0.1, -0.05) is 12.1 Å². The van der Waals surface area contributed by atoms with E-state index in [-0.39, 0.29) is 6.07 Å². The number of anilines is 2. The smallest absolute Gasteiger partial charge is 0.316 e. The zero-order chi connectivity index (χ0) is 17.3. The van der Waals surface area contributed by atoms with Crippen molar-refractivity contribution in [3.05, 3.63) is 24.3 Å². The number of nitrogens with one attached hydrogen (secondary N) is 1. The SMILES string of the molecule is O=C(Nc1ccccc1N(C(F)(F)F)C(F)(F)F)C(F)(F)F. The minimum Gasteiger partial charge on any atom is -0.316 e. The van der Waals surface area contributed by atoms with E-state index in [9.17, 15) is 44.3 Å². The first kappa shape index (κ1) is 17.9. The van der Waals surface area contributed by atoms with Crippen LogP contribution in [0, 0.1) is 0 Å². The van der Waals surface area contributed by atoms with Crippen LogP contribution in [0.3, 0.4) is 0 Å². The van der Waals surface area contributed by atoms with Crippen molar-refractivity contribution >= 4 is 17.3 Å². The van der Waals surface area contributed by atoms with E-state index in [2.05, 4.69) is 0 Å². The van der Waals surface area contributed by atoms with Crippen LogP contribution in [-0.4, -0.2) is 24.7 Å². The third kappa shape index (κ3) is 4.18. The second-order valence-electron chi connectivity index (χ2n) is 3.74. The molecule has 3 nitrogen and oxygen atoms in total. The highest BCUT2D eigenvalue weighted by molar-refractivity contribution is 5.97. The highest BCUT2D eigenvalue weighted by Gasteiger charge is 2.55. The van der Waals surface area contributed by atoms with Crippen LogP contribution >= 0.6 is 0 Å². The molecule has 0 aliphatic carbocycles. The van der Waals surface area contributed by atoms with Crippen LogP contribution in [0.1, 0.15) is 0 Å². The van der Waals surface area contributed by atoms with Gasteiger partial charge in [-0.15, -0.1) is 26.3 Å². The number of benzene rings is 1. The average Bonchev–Trinajstić information content (AvgIpc) is 2.26. The molecule has 0 spiro atoms. The lowest BCUT2D eigenvalue weighted by Crippen LogP contribution is -2.48. The van der Waals surface area contributed by atoms with E-state index in [1.807, 2.05) is 0 Å². The van der Waals surface area contributed by atoms with E-state index in [4.69, 9.17) is 0 Å². The number of nitrogens with zero attached hydrogens (tertiary/aromatic N) is 1. The fourth-order valence-corrected chi connectivity index (χ4v) is 1.38. The molecule has 0 aliphatic heterocycles. The molecule has 0 bridgehead atoms. The van der Waals surface area contributed by atoms with E-state index in [1.54, 1.807) is 0 Å². The van der Waals surface area contributed by atoms with Crippen molar-refractivity contribution in [1.29, 1.82) is 0 Å². The molecule has 0 aliphatic rings. The van der Waals surface area contributed by atoms with Crippen LogP contribution < -0.4 is 10.2 Å². The van der Waals surface area contributed by atoms with E-state index in [1.165, 1.54) is 0 Å². The fourth-order valence-electron chi connectivity index (χ4n) is 1.38. The van der Waals surface area contributed by atoms with Crippen LogP contribution in [0.2, 0.25) is 0 Å². The van der Waals surface area contributed by atoms with E-state index in [0.717, 1.165) is 17.4 Å². The van der Waals surface area contributed by atoms with Crippen molar-refractivity contribution in [2.45, 2.75) is 18.8 Å². The predicted octanol–water partition coefficient (Wildman–Crippen LogP) is 4.03. The van der Waals surface area contributed by atoms with Crippen molar-refractivity contribution in [3.8, 4) is 0 Å². The van der Waals surface area contributed by atoms with Crippen molar-refractivity contribution in [3.63, 3.8) is 0 Å². The van der Waals surface area contributed by atoms with Gasteiger partial charge in [0, 0.05) is 0 Å². The number of hydrogen-bond acceptors (Lipinski definition) is 2. The maximum atomic E-state index is 12.5. The average molecular weight is 340 g/mol. The summed E-state index contributed by atoms with van der Waals surface area (Å²) in [5.41, 5.74) is -2.99. The molecule has 0 heterocycles. The fraction of sp³-hybridized carbons (Fsp3) is 0.300. The Hall–Kier alpha value is -2.14. The number of rotatable bonds is 2. The monoisotopic (exact) mass is 340 g/mol. The minimum atomic E-state index is -5.96. The number of carbonyl (C=O) groups is 1. The van der Waals surface area contributed by atoms with Crippen molar-refractivity contribution < 1.29 is 44.3 Å². The summed E-state index contributed by atoms with van der Waals surface area (Å²) in [4.78, 5) is 8.68. The Kier molecular flexibility index (Phi) is 4.54. The summed E-state index contributed by atoms with van der Waals surface area (Å²) < 4.78 is 111. The molecule has 1 aromatic rings. The van der Waals surface area contributed by atoms with Gasteiger partial charge < -0.3 is 5.32 Å². The molecule has 0 saturated heterocycles. The molecule has 1 N–H and O–H groups in total. The summed E-state index contributed by atoms with van der Waals surface area (Å²) >= 11 is 0. The van der Waals surface area contributed by atoms with Crippen LogP contribution in [0.5, 0.6) is 0 Å². The van der Waals surface area contributed by atoms with E-state index in [0.29, 0.717) is 6.07 Å². The Labute approximate surface area is 116 Å². The van der Waals surface area contributed by atoms with Crippen LogP contribution in [0.4, 0.5) is 50.9 Å². The lowest BCUT2D eigenvalue weighted by Gasteiger charge is -2.30. The van der Waals surface area contributed by atoms with Crippen LogP contribution in [-0.2, 0) is 4.79 Å². The Morgan fingerprint density at radius 2 is 1.32 bits per heavy atom. The highest BCUT2D eigenvalue weighted by Crippen LogP contribution is 2.42. The van der Waals surface area contributed by atoms with E-state index < -0.39 is 41.0 Å². The zero-order valence-corrected chi connectivity index (χ0v) is 10.1. The second-order valence-corrected chi connectivity index (χ2v) is 3.74. The molecular weight excluding hydrogens is 335 g/mol. The maximum absolute atomic E-state index is 12.5. The first-order chi connectivity index (χ1) is 9.74. The number of alkyl halides is 9. The van der Waals surface area contributed by atoms with Gasteiger partial charge in [0.1, 0.15) is 0 Å². The summed E-state index contributed by atoms with van der Waals surface area (Å²) in [6, 6.07) is 2.35. The Morgan fingerprint density at radius 1 is 0.864 bits per heavy atom. The number of amides is 1. The quantitative estimate of drug-likeness (QED) is 0.651. The van der Waals surface area contributed by atoms with Gasteiger partial charge in [-0.25, -0.2) is 0 Å². The minimum absolute atomic E-state index is 0.271. The molecule has 124 valence electrons. The van der Waals surface area contributed by atoms with Crippen molar-refractivity contribution in [1.82, 2.24) is 0 Å². The number of hydrogen-bond donors (Lipinski definition) is 1. The summed E-state index contributed by atoms with van der Waals surface area (Å²) in [6.07, 6.45) is -17.4. The Bertz CT molecular complexity index is 533. The summed E-state index contributed by atoms with van der Waals surface area (Å²) in [6.45, 7) is 0. The molecule has 0 fully saturated rings. The third-order valence-electron chi connectivity index (χ3n) is 2.16. The molecule has 0 radical (unpaired) electrons. The number of halogens is 9. The largest absolute Gasteiger partial charge is 0.491 e. The molecule has 1 rings (SSSR count). The standard InChI is InChI=1S/C10H5F9N2O/c11-8(12,13)7(22)20-5-3-1-2-4-6(5)21(9(14,15)16)10(17,18)19/h1-4H,(H,20,22). The third-order valence-corrected chi connectivity index (χ3v) is 2.16. The Balaban J connectivity index is 3.33. The molecule has 1 aromatic carbocycles. The van der Waals surface area contributed by atoms with Gasteiger partial charge in [-0.05, 0) is 12.1 Å². The summed E-state index contributed by atoms with van der Waals surface area (Å²) in [5, 5.41) is 0.970. The molecular formula is C10H5F9N2O. The van der Waals surface area contributed by atoms with Gasteiger partial charge >= 0.3 is 24.7 Å². The first-order valence-corrected chi connectivity index (χ1v) is 5.15. The van der Waals surface area contributed by atoms with Gasteiger partial charge in [-0.2, -0.15) is 18.1 Å². The molecule has 0 unspecified atom stereocenters. The normalized spacial score (nSPS) is 13.0.